The summed E-state index contributed by atoms with van der Waals surface area (Å²) in [5.41, 5.74) is 5.09. The zero-order chi connectivity index (χ0) is 5.70. The highest BCUT2D eigenvalue weighted by atomic mass is 35.5. The summed E-state index contributed by atoms with van der Waals surface area (Å²) in [6.07, 6.45) is 0. The summed E-state index contributed by atoms with van der Waals surface area (Å²) >= 11 is 5.44. The third-order valence-electron chi connectivity index (χ3n) is 0.533. The van der Waals surface area contributed by atoms with Crippen molar-refractivity contribution in [2.45, 2.75) is 5.38 Å². The molecule has 0 amide bonds. The summed E-state index contributed by atoms with van der Waals surface area (Å²) in [4.78, 5) is 4.18. The monoisotopic (exact) mass is 124 g/mol. The average molecular weight is 125 g/mol. The molecule has 0 heterocycles. The van der Waals surface area contributed by atoms with Gasteiger partial charge in [-0.25, -0.2) is 5.90 Å². The van der Waals surface area contributed by atoms with Gasteiger partial charge >= 0.3 is 0 Å². The molecule has 4 N–H and O–H groups in total. The number of rotatable bonds is 3. The predicted molar refractivity (Wildman–Crippen MR) is 28.8 cm³/mol. The molecule has 0 radical (unpaired) electrons. The van der Waals surface area contributed by atoms with Crippen LogP contribution in [0.15, 0.2) is 0 Å². The molecule has 0 spiro atoms. The van der Waals surface area contributed by atoms with Gasteiger partial charge in [-0.2, -0.15) is 0 Å². The lowest BCUT2D eigenvalue weighted by atomic mass is 10.5. The van der Waals surface area contributed by atoms with Crippen LogP contribution in [0.3, 0.4) is 0 Å². The standard InChI is InChI=1S/C3H9ClN2O/c4-3(1-5)2-7-6/h3H,1-2,5-6H2. The lowest BCUT2D eigenvalue weighted by molar-refractivity contribution is 0.139. The van der Waals surface area contributed by atoms with E-state index in [1.165, 1.54) is 0 Å². The molecule has 0 aromatic rings. The first kappa shape index (κ1) is 7.17. The number of hydrogen-bond donors (Lipinski definition) is 2. The molecule has 1 atom stereocenters. The molecule has 7 heavy (non-hydrogen) atoms. The van der Waals surface area contributed by atoms with Crippen molar-refractivity contribution in [2.75, 3.05) is 13.2 Å². The van der Waals surface area contributed by atoms with Crippen LogP contribution in [0.1, 0.15) is 0 Å². The maximum atomic E-state index is 5.44. The van der Waals surface area contributed by atoms with E-state index in [-0.39, 0.29) is 5.38 Å². The van der Waals surface area contributed by atoms with E-state index in [0.717, 1.165) is 0 Å². The lowest BCUT2D eigenvalue weighted by Gasteiger charge is -2.00. The zero-order valence-electron chi connectivity index (χ0n) is 3.93. The fourth-order valence-corrected chi connectivity index (χ4v) is 0.245. The highest BCUT2D eigenvalue weighted by molar-refractivity contribution is 6.20. The summed E-state index contributed by atoms with van der Waals surface area (Å²) in [5.74, 6) is 4.66. The topological polar surface area (TPSA) is 61.3 Å². The van der Waals surface area contributed by atoms with Crippen molar-refractivity contribution in [1.82, 2.24) is 0 Å². The molecule has 44 valence electrons. The van der Waals surface area contributed by atoms with Crippen molar-refractivity contribution in [2.24, 2.45) is 11.6 Å². The Balaban J connectivity index is 2.83. The maximum absolute atomic E-state index is 5.44. The SMILES string of the molecule is NCC(Cl)CON. The molecule has 1 unspecified atom stereocenters. The molecule has 0 aliphatic rings. The molecule has 0 rings (SSSR count). The van der Waals surface area contributed by atoms with E-state index in [0.29, 0.717) is 13.2 Å². The minimum Gasteiger partial charge on any atom is -0.329 e. The Kier molecular flexibility index (Phi) is 4.44. The minimum atomic E-state index is -0.148. The number of hydrogen-bond acceptors (Lipinski definition) is 3. The van der Waals surface area contributed by atoms with Gasteiger partial charge in [0, 0.05) is 6.54 Å². The fraction of sp³-hybridized carbons (Fsp3) is 1.00. The number of halogens is 1. The third kappa shape index (κ3) is 4.01. The molecule has 0 aliphatic heterocycles. The maximum Gasteiger partial charge on any atom is 0.0855 e. The van der Waals surface area contributed by atoms with Gasteiger partial charge in [0.2, 0.25) is 0 Å². The minimum absolute atomic E-state index is 0.148. The molecule has 0 fully saturated rings. The molecule has 0 saturated carbocycles. The van der Waals surface area contributed by atoms with Crippen LogP contribution in [0.25, 0.3) is 0 Å². The van der Waals surface area contributed by atoms with Crippen LogP contribution < -0.4 is 11.6 Å². The molecular formula is C3H9ClN2O. The quantitative estimate of drug-likeness (QED) is 0.392. The van der Waals surface area contributed by atoms with Gasteiger partial charge in [-0.1, -0.05) is 0 Å². The lowest BCUT2D eigenvalue weighted by Crippen LogP contribution is -2.21. The molecule has 0 aromatic heterocycles. The molecule has 3 nitrogen and oxygen atoms in total. The van der Waals surface area contributed by atoms with Crippen LogP contribution in [0.4, 0.5) is 0 Å². The highest BCUT2D eigenvalue weighted by Crippen LogP contribution is 1.89. The Morgan fingerprint density at radius 1 is 1.71 bits per heavy atom. The van der Waals surface area contributed by atoms with E-state index in [2.05, 4.69) is 10.7 Å². The second kappa shape index (κ2) is 4.33. The Morgan fingerprint density at radius 3 is 2.43 bits per heavy atom. The van der Waals surface area contributed by atoms with E-state index in [9.17, 15) is 0 Å². The number of alkyl halides is 1. The van der Waals surface area contributed by atoms with Crippen LogP contribution >= 0.6 is 11.6 Å². The molecular weight excluding hydrogens is 115 g/mol. The van der Waals surface area contributed by atoms with Crippen LogP contribution in [0.2, 0.25) is 0 Å². The van der Waals surface area contributed by atoms with Crippen molar-refractivity contribution in [3.63, 3.8) is 0 Å². The van der Waals surface area contributed by atoms with Crippen LogP contribution in [0, 0.1) is 0 Å². The highest BCUT2D eigenvalue weighted by Gasteiger charge is 1.97. The van der Waals surface area contributed by atoms with Crippen molar-refractivity contribution in [1.29, 1.82) is 0 Å². The Bertz CT molecular complexity index is 43.9. The van der Waals surface area contributed by atoms with Gasteiger partial charge in [-0.15, -0.1) is 11.6 Å². The summed E-state index contributed by atoms with van der Waals surface area (Å²) < 4.78 is 0. The Hall–Kier alpha value is 0.170. The summed E-state index contributed by atoms with van der Waals surface area (Å²) in [6, 6.07) is 0. The second-order valence-electron chi connectivity index (χ2n) is 1.17. The first-order chi connectivity index (χ1) is 3.31. The van der Waals surface area contributed by atoms with Crippen molar-refractivity contribution >= 4 is 11.6 Å². The van der Waals surface area contributed by atoms with E-state index < -0.39 is 0 Å². The molecule has 0 aliphatic carbocycles. The molecule has 0 aromatic carbocycles. The first-order valence-electron chi connectivity index (χ1n) is 1.97. The molecule has 0 bridgehead atoms. The van der Waals surface area contributed by atoms with Gasteiger partial charge in [0.15, 0.2) is 0 Å². The Morgan fingerprint density at radius 2 is 2.29 bits per heavy atom. The second-order valence-corrected chi connectivity index (χ2v) is 1.78. The van der Waals surface area contributed by atoms with Gasteiger partial charge in [0.05, 0.1) is 12.0 Å². The van der Waals surface area contributed by atoms with E-state index in [1.807, 2.05) is 0 Å². The van der Waals surface area contributed by atoms with E-state index >= 15 is 0 Å². The van der Waals surface area contributed by atoms with Crippen molar-refractivity contribution in [3.8, 4) is 0 Å². The zero-order valence-corrected chi connectivity index (χ0v) is 4.69. The summed E-state index contributed by atoms with van der Waals surface area (Å²) in [6.45, 7) is 0.719. The van der Waals surface area contributed by atoms with Crippen molar-refractivity contribution < 1.29 is 4.84 Å². The predicted octanol–water partition coefficient (Wildman–Crippen LogP) is -0.557. The summed E-state index contributed by atoms with van der Waals surface area (Å²) in [7, 11) is 0. The van der Waals surface area contributed by atoms with Gasteiger partial charge in [-0.3, -0.25) is 0 Å². The van der Waals surface area contributed by atoms with Gasteiger partial charge < -0.3 is 10.6 Å². The normalized spacial score (nSPS) is 14.1. The van der Waals surface area contributed by atoms with Crippen LogP contribution in [-0.2, 0) is 4.84 Å². The summed E-state index contributed by atoms with van der Waals surface area (Å²) in [5, 5.41) is -0.148. The Labute approximate surface area is 47.5 Å². The van der Waals surface area contributed by atoms with Gasteiger partial charge in [0.1, 0.15) is 0 Å². The van der Waals surface area contributed by atoms with E-state index in [1.54, 1.807) is 0 Å². The first-order valence-corrected chi connectivity index (χ1v) is 2.40. The molecule has 0 saturated heterocycles. The van der Waals surface area contributed by atoms with Crippen LogP contribution in [-0.4, -0.2) is 18.5 Å². The largest absolute Gasteiger partial charge is 0.329 e. The van der Waals surface area contributed by atoms with E-state index in [4.69, 9.17) is 17.3 Å². The average Bonchev–Trinajstić information content (AvgIpc) is 1.68. The van der Waals surface area contributed by atoms with Crippen LogP contribution in [0.5, 0.6) is 0 Å². The smallest absolute Gasteiger partial charge is 0.0855 e. The third-order valence-corrected chi connectivity index (χ3v) is 0.837. The number of nitrogens with two attached hydrogens (primary N) is 2. The van der Waals surface area contributed by atoms with Crippen molar-refractivity contribution in [3.05, 3.63) is 0 Å². The van der Waals surface area contributed by atoms with Gasteiger partial charge in [0.25, 0.3) is 0 Å². The fourth-order valence-electron chi connectivity index (χ4n) is 0.172. The van der Waals surface area contributed by atoms with Gasteiger partial charge in [-0.05, 0) is 0 Å². The molecule has 4 heteroatoms.